The zero-order valence-corrected chi connectivity index (χ0v) is 11.6. The molecule has 0 aromatic heterocycles. The van der Waals surface area contributed by atoms with Gasteiger partial charge in [0.2, 0.25) is 5.91 Å². The standard InChI is InChI=1S/C14H27N3O/c1-12-4-8-17(9-5-12)10-7-16-14(18)13-3-2-6-15-11-13/h12-13,15H,2-11H2,1H3,(H,16,18)/t13-/m1/s1. The molecule has 4 nitrogen and oxygen atoms in total. The molecule has 2 aliphatic heterocycles. The lowest BCUT2D eigenvalue weighted by Gasteiger charge is -2.30. The largest absolute Gasteiger partial charge is 0.355 e. The average Bonchev–Trinajstić information content (AvgIpc) is 2.42. The van der Waals surface area contributed by atoms with Crippen LogP contribution >= 0.6 is 0 Å². The number of rotatable bonds is 4. The lowest BCUT2D eigenvalue weighted by Crippen LogP contribution is -2.44. The Morgan fingerprint density at radius 3 is 2.78 bits per heavy atom. The second kappa shape index (κ2) is 7.10. The number of amides is 1. The molecule has 2 fully saturated rings. The van der Waals surface area contributed by atoms with E-state index in [1.165, 1.54) is 25.9 Å². The van der Waals surface area contributed by atoms with E-state index in [0.29, 0.717) is 0 Å². The van der Waals surface area contributed by atoms with Crippen LogP contribution in [0.5, 0.6) is 0 Å². The Hall–Kier alpha value is -0.610. The molecule has 18 heavy (non-hydrogen) atoms. The summed E-state index contributed by atoms with van der Waals surface area (Å²) in [7, 11) is 0. The number of nitrogens with one attached hydrogen (secondary N) is 2. The van der Waals surface area contributed by atoms with Crippen molar-refractivity contribution in [3.05, 3.63) is 0 Å². The Bertz CT molecular complexity index is 256. The number of carbonyl (C=O) groups is 1. The third-order valence-corrected chi connectivity index (χ3v) is 4.27. The van der Waals surface area contributed by atoms with Crippen LogP contribution in [-0.2, 0) is 4.79 Å². The molecule has 2 N–H and O–H groups in total. The first kappa shape index (κ1) is 13.8. The molecule has 0 aromatic carbocycles. The number of hydrogen-bond donors (Lipinski definition) is 2. The fraction of sp³-hybridized carbons (Fsp3) is 0.929. The quantitative estimate of drug-likeness (QED) is 0.780. The van der Waals surface area contributed by atoms with Crippen LogP contribution in [0.4, 0.5) is 0 Å². The van der Waals surface area contributed by atoms with Gasteiger partial charge in [-0.25, -0.2) is 0 Å². The molecule has 2 rings (SSSR count). The van der Waals surface area contributed by atoms with Crippen LogP contribution in [0.3, 0.4) is 0 Å². The monoisotopic (exact) mass is 253 g/mol. The third kappa shape index (κ3) is 4.25. The summed E-state index contributed by atoms with van der Waals surface area (Å²) in [6.45, 7) is 8.46. The molecule has 2 heterocycles. The van der Waals surface area contributed by atoms with Crippen LogP contribution in [0.15, 0.2) is 0 Å². The molecular formula is C14H27N3O. The van der Waals surface area contributed by atoms with Gasteiger partial charge in [0.1, 0.15) is 0 Å². The van der Waals surface area contributed by atoms with Gasteiger partial charge in [0.25, 0.3) is 0 Å². The molecule has 0 aromatic rings. The lowest BCUT2D eigenvalue weighted by atomic mass is 9.98. The maximum atomic E-state index is 11.9. The van der Waals surface area contributed by atoms with Crippen molar-refractivity contribution < 1.29 is 4.79 Å². The molecule has 0 spiro atoms. The average molecular weight is 253 g/mol. The fourth-order valence-corrected chi connectivity index (χ4v) is 2.84. The van der Waals surface area contributed by atoms with E-state index in [-0.39, 0.29) is 11.8 Å². The summed E-state index contributed by atoms with van der Waals surface area (Å²) in [5, 5.41) is 6.38. The molecule has 0 radical (unpaired) electrons. The van der Waals surface area contributed by atoms with Gasteiger partial charge in [0, 0.05) is 19.6 Å². The maximum Gasteiger partial charge on any atom is 0.224 e. The Balaban J connectivity index is 1.58. The Kier molecular flexibility index (Phi) is 5.45. The van der Waals surface area contributed by atoms with E-state index in [1.54, 1.807) is 0 Å². The van der Waals surface area contributed by atoms with Gasteiger partial charge < -0.3 is 15.5 Å². The van der Waals surface area contributed by atoms with Crippen molar-refractivity contribution in [1.82, 2.24) is 15.5 Å². The number of likely N-dealkylation sites (tertiary alicyclic amines) is 1. The normalized spacial score (nSPS) is 27.1. The van der Waals surface area contributed by atoms with Crippen molar-refractivity contribution in [2.45, 2.75) is 32.6 Å². The predicted molar refractivity (Wildman–Crippen MR) is 73.4 cm³/mol. The topological polar surface area (TPSA) is 44.4 Å². The number of piperidine rings is 2. The highest BCUT2D eigenvalue weighted by molar-refractivity contribution is 5.78. The molecule has 1 atom stereocenters. The fourth-order valence-electron chi connectivity index (χ4n) is 2.84. The molecule has 0 saturated carbocycles. The summed E-state index contributed by atoms with van der Waals surface area (Å²) in [5.74, 6) is 1.32. The lowest BCUT2D eigenvalue weighted by molar-refractivity contribution is -0.125. The molecule has 0 unspecified atom stereocenters. The number of nitrogens with zero attached hydrogens (tertiary/aromatic N) is 1. The van der Waals surface area contributed by atoms with E-state index in [4.69, 9.17) is 0 Å². The van der Waals surface area contributed by atoms with Crippen molar-refractivity contribution >= 4 is 5.91 Å². The second-order valence-electron chi connectivity index (χ2n) is 5.86. The van der Waals surface area contributed by atoms with Gasteiger partial charge in [0.05, 0.1) is 5.92 Å². The Labute approximate surface area is 110 Å². The van der Waals surface area contributed by atoms with Crippen molar-refractivity contribution in [1.29, 1.82) is 0 Å². The van der Waals surface area contributed by atoms with Crippen LogP contribution in [0, 0.1) is 11.8 Å². The highest BCUT2D eigenvalue weighted by atomic mass is 16.1. The SMILES string of the molecule is CC1CCN(CCNC(=O)[C@@H]2CCCNC2)CC1. The summed E-state index contributed by atoms with van der Waals surface area (Å²) in [6.07, 6.45) is 4.78. The highest BCUT2D eigenvalue weighted by Gasteiger charge is 2.21. The number of carbonyl (C=O) groups excluding carboxylic acids is 1. The first-order chi connectivity index (χ1) is 8.75. The van der Waals surface area contributed by atoms with Crippen molar-refractivity contribution in [2.24, 2.45) is 11.8 Å². The van der Waals surface area contributed by atoms with E-state index >= 15 is 0 Å². The highest BCUT2D eigenvalue weighted by Crippen LogP contribution is 2.15. The van der Waals surface area contributed by atoms with Crippen LogP contribution in [0.25, 0.3) is 0 Å². The van der Waals surface area contributed by atoms with Gasteiger partial charge in [-0.3, -0.25) is 4.79 Å². The minimum atomic E-state index is 0.195. The van der Waals surface area contributed by atoms with Crippen LogP contribution < -0.4 is 10.6 Å². The minimum Gasteiger partial charge on any atom is -0.355 e. The Morgan fingerprint density at radius 2 is 2.11 bits per heavy atom. The summed E-state index contributed by atoms with van der Waals surface area (Å²) >= 11 is 0. The summed E-state index contributed by atoms with van der Waals surface area (Å²) in [6, 6.07) is 0. The number of hydrogen-bond acceptors (Lipinski definition) is 3. The van der Waals surface area contributed by atoms with Crippen molar-refractivity contribution in [3.8, 4) is 0 Å². The molecule has 4 heteroatoms. The summed E-state index contributed by atoms with van der Waals surface area (Å²) < 4.78 is 0. The third-order valence-electron chi connectivity index (χ3n) is 4.27. The molecule has 2 saturated heterocycles. The van der Waals surface area contributed by atoms with Crippen molar-refractivity contribution in [3.63, 3.8) is 0 Å². The van der Waals surface area contributed by atoms with Gasteiger partial charge in [-0.05, 0) is 51.2 Å². The van der Waals surface area contributed by atoms with Gasteiger partial charge in [-0.1, -0.05) is 6.92 Å². The van der Waals surface area contributed by atoms with E-state index < -0.39 is 0 Å². The van der Waals surface area contributed by atoms with E-state index in [2.05, 4.69) is 22.5 Å². The van der Waals surface area contributed by atoms with Gasteiger partial charge in [0.15, 0.2) is 0 Å². The molecular weight excluding hydrogens is 226 g/mol. The molecule has 0 bridgehead atoms. The molecule has 2 aliphatic rings. The predicted octanol–water partition coefficient (Wildman–Crippen LogP) is 0.834. The zero-order chi connectivity index (χ0) is 12.8. The van der Waals surface area contributed by atoms with E-state index in [1.807, 2.05) is 0 Å². The second-order valence-corrected chi connectivity index (χ2v) is 5.86. The molecule has 1 amide bonds. The minimum absolute atomic E-state index is 0.195. The molecule has 0 aliphatic carbocycles. The van der Waals surface area contributed by atoms with Gasteiger partial charge >= 0.3 is 0 Å². The first-order valence-corrected chi connectivity index (χ1v) is 7.46. The maximum absolute atomic E-state index is 11.9. The van der Waals surface area contributed by atoms with Crippen LogP contribution in [0.1, 0.15) is 32.6 Å². The van der Waals surface area contributed by atoms with Crippen LogP contribution in [-0.4, -0.2) is 50.1 Å². The Morgan fingerprint density at radius 1 is 1.33 bits per heavy atom. The smallest absolute Gasteiger partial charge is 0.224 e. The molecule has 104 valence electrons. The van der Waals surface area contributed by atoms with Crippen molar-refractivity contribution in [2.75, 3.05) is 39.3 Å². The zero-order valence-electron chi connectivity index (χ0n) is 11.6. The first-order valence-electron chi connectivity index (χ1n) is 7.46. The van der Waals surface area contributed by atoms with Gasteiger partial charge in [-0.2, -0.15) is 0 Å². The van der Waals surface area contributed by atoms with Gasteiger partial charge in [-0.15, -0.1) is 0 Å². The van der Waals surface area contributed by atoms with E-state index in [9.17, 15) is 4.79 Å². The van der Waals surface area contributed by atoms with E-state index in [0.717, 1.165) is 44.9 Å². The summed E-state index contributed by atoms with van der Waals surface area (Å²) in [4.78, 5) is 14.4. The summed E-state index contributed by atoms with van der Waals surface area (Å²) in [5.41, 5.74) is 0. The van der Waals surface area contributed by atoms with Crippen LogP contribution in [0.2, 0.25) is 0 Å².